The van der Waals surface area contributed by atoms with Crippen molar-refractivity contribution in [3.63, 3.8) is 0 Å². The lowest BCUT2D eigenvalue weighted by molar-refractivity contribution is -0.139. The van der Waals surface area contributed by atoms with E-state index < -0.39 is 27.1 Å². The van der Waals surface area contributed by atoms with Crippen LogP contribution in [0.1, 0.15) is 30.5 Å². The first-order valence-electron chi connectivity index (χ1n) is 11.8. The molecule has 0 aliphatic heterocycles. The maximum Gasteiger partial charge on any atom is 0.310 e. The van der Waals surface area contributed by atoms with Crippen molar-refractivity contribution >= 4 is 26.9 Å². The number of hydrogen-bond acceptors (Lipinski definition) is 6. The van der Waals surface area contributed by atoms with Gasteiger partial charge in [-0.15, -0.1) is 0 Å². The first-order chi connectivity index (χ1) is 17.7. The number of benzene rings is 3. The van der Waals surface area contributed by atoms with Gasteiger partial charge in [0.15, 0.2) is 0 Å². The summed E-state index contributed by atoms with van der Waals surface area (Å²) in [6.07, 6.45) is 1.54. The van der Waals surface area contributed by atoms with Crippen LogP contribution in [0, 0.1) is 5.82 Å². The number of para-hydroxylation sites is 1. The van der Waals surface area contributed by atoms with Gasteiger partial charge in [0.2, 0.25) is 10.0 Å². The number of esters is 1. The largest absolute Gasteiger partial charge is 0.489 e. The Morgan fingerprint density at radius 2 is 1.76 bits per heavy atom. The zero-order chi connectivity index (χ0) is 26.7. The molecule has 2 N–H and O–H groups in total. The van der Waals surface area contributed by atoms with Gasteiger partial charge in [0.1, 0.15) is 18.2 Å². The van der Waals surface area contributed by atoms with Gasteiger partial charge in [-0.05, 0) is 49.2 Å². The summed E-state index contributed by atoms with van der Waals surface area (Å²) in [7, 11) is -2.36. The fourth-order valence-electron chi connectivity index (χ4n) is 4.16. The second-order valence-electron chi connectivity index (χ2n) is 8.91. The zero-order valence-electron chi connectivity index (χ0n) is 20.9. The van der Waals surface area contributed by atoms with E-state index in [0.29, 0.717) is 44.5 Å². The fraction of sp³-hybridized carbons (Fsp3) is 0.250. The van der Waals surface area contributed by atoms with E-state index in [1.807, 2.05) is 0 Å². The Morgan fingerprint density at radius 3 is 2.46 bits per heavy atom. The number of hydrogen-bond donors (Lipinski definition) is 1. The standard InChI is InChI=1S/C28H29FN2O5S/c1-18(2)37(33,34)31-12-11-22-24(23-9-6-8-21(16-30)28(23)29)13-19(14-25(22)31)17-36-26-10-5-4-7-20(26)15-27(32)35-3/h4-14,18H,15-17,30H2,1-3H3. The van der Waals surface area contributed by atoms with Crippen molar-refractivity contribution in [2.24, 2.45) is 5.73 Å². The molecule has 3 aromatic carbocycles. The summed E-state index contributed by atoms with van der Waals surface area (Å²) in [5.41, 5.74) is 8.65. The average Bonchev–Trinajstić information content (AvgIpc) is 3.32. The molecule has 0 radical (unpaired) electrons. The number of nitrogens with two attached hydrogens (primary N) is 1. The van der Waals surface area contributed by atoms with Crippen LogP contribution in [0.25, 0.3) is 22.0 Å². The molecule has 0 amide bonds. The Labute approximate surface area is 215 Å². The molecule has 0 aliphatic rings. The smallest absolute Gasteiger partial charge is 0.310 e. The van der Waals surface area contributed by atoms with Crippen molar-refractivity contribution in [2.45, 2.75) is 38.7 Å². The third-order valence-corrected chi connectivity index (χ3v) is 8.28. The lowest BCUT2D eigenvalue weighted by Crippen LogP contribution is -2.21. The van der Waals surface area contributed by atoms with Gasteiger partial charge < -0.3 is 15.2 Å². The second kappa shape index (κ2) is 10.7. The third-order valence-electron chi connectivity index (χ3n) is 6.22. The van der Waals surface area contributed by atoms with Crippen LogP contribution >= 0.6 is 0 Å². The molecule has 37 heavy (non-hydrogen) atoms. The molecule has 0 unspecified atom stereocenters. The van der Waals surface area contributed by atoms with Crippen molar-refractivity contribution < 1.29 is 27.1 Å². The molecule has 194 valence electrons. The van der Waals surface area contributed by atoms with Crippen LogP contribution in [0.3, 0.4) is 0 Å². The van der Waals surface area contributed by atoms with Crippen molar-refractivity contribution in [3.8, 4) is 16.9 Å². The minimum absolute atomic E-state index is 0.0331. The molecule has 0 bridgehead atoms. The Morgan fingerprint density at radius 1 is 1.03 bits per heavy atom. The third kappa shape index (κ3) is 5.23. The topological polar surface area (TPSA) is 101 Å². The van der Waals surface area contributed by atoms with Gasteiger partial charge in [-0.1, -0.05) is 36.4 Å². The number of nitrogens with zero attached hydrogens (tertiary/aromatic N) is 1. The van der Waals surface area contributed by atoms with E-state index >= 15 is 4.39 Å². The van der Waals surface area contributed by atoms with Gasteiger partial charge >= 0.3 is 5.97 Å². The first-order valence-corrected chi connectivity index (χ1v) is 13.3. The summed E-state index contributed by atoms with van der Waals surface area (Å²) in [5.74, 6) is -0.352. The number of aromatic nitrogens is 1. The lowest BCUT2D eigenvalue weighted by Gasteiger charge is -2.15. The van der Waals surface area contributed by atoms with E-state index in [1.54, 1.807) is 74.5 Å². The summed E-state index contributed by atoms with van der Waals surface area (Å²) in [5, 5.41) is -0.0684. The highest BCUT2D eigenvalue weighted by atomic mass is 32.2. The number of ether oxygens (including phenoxy) is 2. The van der Waals surface area contributed by atoms with Crippen LogP contribution in [0.5, 0.6) is 5.75 Å². The van der Waals surface area contributed by atoms with Crippen LogP contribution in [-0.4, -0.2) is 30.7 Å². The predicted molar refractivity (Wildman–Crippen MR) is 141 cm³/mol. The number of methoxy groups -OCH3 is 1. The summed E-state index contributed by atoms with van der Waals surface area (Å²) in [6, 6.07) is 17.3. The molecule has 7 nitrogen and oxygen atoms in total. The van der Waals surface area contributed by atoms with Crippen LogP contribution in [0.2, 0.25) is 0 Å². The van der Waals surface area contributed by atoms with Crippen LogP contribution in [0.15, 0.2) is 66.9 Å². The normalized spacial score (nSPS) is 11.7. The van der Waals surface area contributed by atoms with Crippen molar-refractivity contribution in [1.29, 1.82) is 0 Å². The maximum atomic E-state index is 15.4. The van der Waals surface area contributed by atoms with Gasteiger partial charge in [0.25, 0.3) is 0 Å². The number of carbonyl (C=O) groups is 1. The van der Waals surface area contributed by atoms with Crippen LogP contribution < -0.4 is 10.5 Å². The van der Waals surface area contributed by atoms with Crippen molar-refractivity contribution in [1.82, 2.24) is 3.97 Å². The van der Waals surface area contributed by atoms with Gasteiger partial charge in [-0.25, -0.2) is 16.8 Å². The van der Waals surface area contributed by atoms with E-state index in [-0.39, 0.29) is 19.6 Å². The van der Waals surface area contributed by atoms with E-state index in [2.05, 4.69) is 0 Å². The van der Waals surface area contributed by atoms with E-state index in [0.717, 1.165) is 0 Å². The minimum Gasteiger partial charge on any atom is -0.489 e. The van der Waals surface area contributed by atoms with Crippen molar-refractivity contribution in [2.75, 3.05) is 7.11 Å². The second-order valence-corrected chi connectivity index (χ2v) is 11.3. The molecule has 0 fully saturated rings. The SMILES string of the molecule is COC(=O)Cc1ccccc1OCc1cc(-c2cccc(CN)c2F)c2ccn(S(=O)(=O)C(C)C)c2c1. The summed E-state index contributed by atoms with van der Waals surface area (Å²) < 4.78 is 53.6. The molecule has 0 saturated heterocycles. The number of halogens is 1. The number of fused-ring (bicyclic) bond motifs is 1. The fourth-order valence-corrected chi connectivity index (χ4v) is 5.27. The zero-order valence-corrected chi connectivity index (χ0v) is 21.7. The van der Waals surface area contributed by atoms with Gasteiger partial charge in [-0.3, -0.25) is 4.79 Å². The van der Waals surface area contributed by atoms with Gasteiger partial charge in [0, 0.05) is 34.8 Å². The molecule has 1 heterocycles. The van der Waals surface area contributed by atoms with Crippen LogP contribution in [0.4, 0.5) is 4.39 Å². The summed E-state index contributed by atoms with van der Waals surface area (Å²) in [6.45, 7) is 3.31. The molecule has 4 aromatic rings. The lowest BCUT2D eigenvalue weighted by atomic mass is 9.97. The van der Waals surface area contributed by atoms with E-state index in [4.69, 9.17) is 15.2 Å². The Kier molecular flexibility index (Phi) is 7.65. The quantitative estimate of drug-likeness (QED) is 0.316. The van der Waals surface area contributed by atoms with Crippen molar-refractivity contribution in [3.05, 3.63) is 89.4 Å². The first kappa shape index (κ1) is 26.4. The Hall–Kier alpha value is -3.69. The molecule has 4 rings (SSSR count). The molecule has 9 heteroatoms. The molecular weight excluding hydrogens is 495 g/mol. The summed E-state index contributed by atoms with van der Waals surface area (Å²) in [4.78, 5) is 11.8. The number of rotatable bonds is 9. The Bertz CT molecular complexity index is 1560. The van der Waals surface area contributed by atoms with E-state index in [9.17, 15) is 13.2 Å². The highest BCUT2D eigenvalue weighted by molar-refractivity contribution is 7.90. The van der Waals surface area contributed by atoms with Gasteiger partial charge in [0.05, 0.1) is 24.3 Å². The molecule has 1 aromatic heterocycles. The maximum absolute atomic E-state index is 15.4. The highest BCUT2D eigenvalue weighted by Gasteiger charge is 2.23. The Balaban J connectivity index is 1.84. The average molecular weight is 525 g/mol. The molecule has 0 aliphatic carbocycles. The number of carbonyl (C=O) groups excluding carboxylic acids is 1. The minimum atomic E-state index is -3.68. The van der Waals surface area contributed by atoms with E-state index in [1.165, 1.54) is 17.3 Å². The summed E-state index contributed by atoms with van der Waals surface area (Å²) >= 11 is 0. The molecule has 0 spiro atoms. The molecule has 0 atom stereocenters. The van der Waals surface area contributed by atoms with Gasteiger partial charge in [-0.2, -0.15) is 0 Å². The molecule has 0 saturated carbocycles. The predicted octanol–water partition coefficient (Wildman–Crippen LogP) is 4.79. The van der Waals surface area contributed by atoms with Crippen LogP contribution in [-0.2, 0) is 39.1 Å². The highest BCUT2D eigenvalue weighted by Crippen LogP contribution is 2.35. The molecular formula is C28H29FN2O5S. The monoisotopic (exact) mass is 524 g/mol.